The Morgan fingerprint density at radius 1 is 1.23 bits per heavy atom. The molecule has 1 aliphatic heterocycles. The first-order valence-corrected chi connectivity index (χ1v) is 8.50. The van der Waals surface area contributed by atoms with Crippen LogP contribution in [0.4, 0.5) is 0 Å². The molecule has 0 bridgehead atoms. The second kappa shape index (κ2) is 6.25. The lowest BCUT2D eigenvalue weighted by atomic mass is 10.0. The molecule has 1 N–H and O–H groups in total. The van der Waals surface area contributed by atoms with E-state index in [1.807, 2.05) is 44.3 Å². The maximum absolute atomic E-state index is 13.2. The third kappa shape index (κ3) is 2.71. The Hall–Kier alpha value is -3.22. The second-order valence-electron chi connectivity index (χ2n) is 6.41. The van der Waals surface area contributed by atoms with Gasteiger partial charge in [0.05, 0.1) is 28.9 Å². The number of hydrogen-bond donors (Lipinski definition) is 1. The van der Waals surface area contributed by atoms with Crippen molar-refractivity contribution in [2.45, 2.75) is 6.92 Å². The number of carbonyl (C=O) groups excluding carboxylic acids is 2. The summed E-state index contributed by atoms with van der Waals surface area (Å²) in [5, 5.41) is 7.92. The number of nitrogens with zero attached hydrogens (tertiary/aromatic N) is 4. The number of piperazine rings is 1. The van der Waals surface area contributed by atoms with Crippen molar-refractivity contribution in [2.75, 3.05) is 19.6 Å². The van der Waals surface area contributed by atoms with Crippen LogP contribution in [-0.4, -0.2) is 51.1 Å². The van der Waals surface area contributed by atoms with Crippen LogP contribution in [0.2, 0.25) is 0 Å². The molecule has 3 heterocycles. The number of amides is 2. The van der Waals surface area contributed by atoms with Crippen molar-refractivity contribution in [1.82, 2.24) is 25.0 Å². The van der Waals surface area contributed by atoms with Crippen LogP contribution in [0.3, 0.4) is 0 Å². The number of aromatic nitrogens is 3. The lowest BCUT2D eigenvalue weighted by Gasteiger charge is -2.27. The van der Waals surface area contributed by atoms with Crippen LogP contribution in [-0.2, 0) is 11.8 Å². The van der Waals surface area contributed by atoms with Gasteiger partial charge in [0.2, 0.25) is 5.91 Å². The lowest BCUT2D eigenvalue weighted by molar-refractivity contribution is -0.123. The zero-order valence-corrected chi connectivity index (χ0v) is 14.7. The molecule has 0 radical (unpaired) electrons. The van der Waals surface area contributed by atoms with Gasteiger partial charge >= 0.3 is 0 Å². The first-order valence-electron chi connectivity index (χ1n) is 8.50. The van der Waals surface area contributed by atoms with Crippen molar-refractivity contribution in [3.05, 3.63) is 47.7 Å². The van der Waals surface area contributed by atoms with Gasteiger partial charge in [-0.3, -0.25) is 14.3 Å². The molecule has 132 valence electrons. The Labute approximate surface area is 150 Å². The van der Waals surface area contributed by atoms with Crippen LogP contribution in [0.1, 0.15) is 16.1 Å². The minimum Gasteiger partial charge on any atom is -0.353 e. The molecule has 7 nitrogen and oxygen atoms in total. The predicted molar refractivity (Wildman–Crippen MR) is 97.6 cm³/mol. The molecule has 4 rings (SSSR count). The predicted octanol–water partition coefficient (Wildman–Crippen LogP) is 1.52. The Bertz CT molecular complexity index is 1010. The highest BCUT2D eigenvalue weighted by molar-refractivity contribution is 6.08. The van der Waals surface area contributed by atoms with Crippen molar-refractivity contribution >= 4 is 22.8 Å². The molecule has 0 unspecified atom stereocenters. The van der Waals surface area contributed by atoms with Crippen molar-refractivity contribution < 1.29 is 9.59 Å². The molecule has 26 heavy (non-hydrogen) atoms. The maximum Gasteiger partial charge on any atom is 0.255 e. The van der Waals surface area contributed by atoms with E-state index in [2.05, 4.69) is 10.4 Å². The fourth-order valence-electron chi connectivity index (χ4n) is 3.35. The highest BCUT2D eigenvalue weighted by atomic mass is 16.2. The zero-order chi connectivity index (χ0) is 18.3. The summed E-state index contributed by atoms with van der Waals surface area (Å²) in [5.41, 5.74) is 3.59. The largest absolute Gasteiger partial charge is 0.353 e. The Balaban J connectivity index is 1.89. The van der Waals surface area contributed by atoms with Crippen LogP contribution in [0, 0.1) is 6.92 Å². The van der Waals surface area contributed by atoms with E-state index in [9.17, 15) is 9.59 Å². The summed E-state index contributed by atoms with van der Waals surface area (Å²) in [7, 11) is 1.82. The molecule has 0 spiro atoms. The third-order valence-corrected chi connectivity index (χ3v) is 4.59. The summed E-state index contributed by atoms with van der Waals surface area (Å²) >= 11 is 0. The molecular weight excluding hydrogens is 330 g/mol. The van der Waals surface area contributed by atoms with Gasteiger partial charge in [-0.05, 0) is 13.0 Å². The van der Waals surface area contributed by atoms with Gasteiger partial charge in [-0.25, -0.2) is 4.98 Å². The number of fused-ring (bicyclic) bond motifs is 1. The van der Waals surface area contributed by atoms with Gasteiger partial charge in [0.15, 0.2) is 5.65 Å². The normalized spacial score (nSPS) is 14.5. The van der Waals surface area contributed by atoms with Gasteiger partial charge in [0, 0.05) is 25.7 Å². The number of nitrogens with one attached hydrogen (secondary N) is 1. The number of hydrogen-bond acceptors (Lipinski definition) is 4. The van der Waals surface area contributed by atoms with E-state index >= 15 is 0 Å². The van der Waals surface area contributed by atoms with E-state index in [1.165, 1.54) is 0 Å². The molecule has 2 amide bonds. The minimum absolute atomic E-state index is 0.0721. The lowest BCUT2D eigenvalue weighted by Crippen LogP contribution is -2.50. The van der Waals surface area contributed by atoms with Crippen LogP contribution in [0.15, 0.2) is 36.4 Å². The first kappa shape index (κ1) is 16.3. The number of benzene rings is 1. The van der Waals surface area contributed by atoms with E-state index in [4.69, 9.17) is 4.98 Å². The summed E-state index contributed by atoms with van der Waals surface area (Å²) in [6.45, 7) is 2.90. The van der Waals surface area contributed by atoms with Crippen LogP contribution < -0.4 is 5.32 Å². The molecular formula is C19H19N5O2. The molecule has 2 aromatic heterocycles. The monoisotopic (exact) mass is 349 g/mol. The summed E-state index contributed by atoms with van der Waals surface area (Å²) in [4.78, 5) is 31.2. The average Bonchev–Trinajstić information content (AvgIpc) is 2.95. The van der Waals surface area contributed by atoms with Crippen molar-refractivity contribution in [3.63, 3.8) is 0 Å². The molecule has 1 fully saturated rings. The van der Waals surface area contributed by atoms with Gasteiger partial charge in [-0.2, -0.15) is 5.10 Å². The molecule has 1 saturated heterocycles. The van der Waals surface area contributed by atoms with Gasteiger partial charge in [0.25, 0.3) is 5.91 Å². The smallest absolute Gasteiger partial charge is 0.255 e. The molecule has 0 aliphatic carbocycles. The zero-order valence-electron chi connectivity index (χ0n) is 14.7. The Morgan fingerprint density at radius 2 is 2.00 bits per heavy atom. The van der Waals surface area contributed by atoms with E-state index in [0.717, 1.165) is 16.6 Å². The van der Waals surface area contributed by atoms with Crippen molar-refractivity contribution in [1.29, 1.82) is 0 Å². The second-order valence-corrected chi connectivity index (χ2v) is 6.41. The van der Waals surface area contributed by atoms with E-state index in [0.29, 0.717) is 30.0 Å². The number of pyridine rings is 1. The molecule has 1 aromatic carbocycles. The molecule has 3 aromatic rings. The fraction of sp³-hybridized carbons (Fsp3) is 0.263. The number of rotatable bonds is 2. The van der Waals surface area contributed by atoms with Gasteiger partial charge < -0.3 is 10.2 Å². The van der Waals surface area contributed by atoms with Crippen molar-refractivity contribution in [2.24, 2.45) is 7.05 Å². The molecule has 7 heteroatoms. The Kier molecular flexibility index (Phi) is 3.91. The van der Waals surface area contributed by atoms with E-state index < -0.39 is 0 Å². The Morgan fingerprint density at radius 3 is 2.73 bits per heavy atom. The van der Waals surface area contributed by atoms with Gasteiger partial charge in [-0.1, -0.05) is 30.3 Å². The number of aryl methyl sites for hydroxylation is 2. The molecule has 0 atom stereocenters. The van der Waals surface area contributed by atoms with Crippen LogP contribution in [0.5, 0.6) is 0 Å². The van der Waals surface area contributed by atoms with Crippen LogP contribution >= 0.6 is 0 Å². The standard InChI is InChI=1S/C19H19N5O2/c1-12-17-14(19(26)24-9-8-20-16(25)11-24)10-15(13-6-4-3-5-7-13)21-18(17)23(2)22-12/h3-7,10H,8-9,11H2,1-2H3,(H,20,25). The molecule has 0 saturated carbocycles. The quantitative estimate of drug-likeness (QED) is 0.761. The highest BCUT2D eigenvalue weighted by Crippen LogP contribution is 2.27. The van der Waals surface area contributed by atoms with Gasteiger partial charge in [-0.15, -0.1) is 0 Å². The third-order valence-electron chi connectivity index (χ3n) is 4.59. The summed E-state index contributed by atoms with van der Waals surface area (Å²) in [6, 6.07) is 11.5. The van der Waals surface area contributed by atoms with E-state index in [-0.39, 0.29) is 18.4 Å². The van der Waals surface area contributed by atoms with Crippen LogP contribution in [0.25, 0.3) is 22.3 Å². The highest BCUT2D eigenvalue weighted by Gasteiger charge is 2.26. The molecule has 1 aliphatic rings. The van der Waals surface area contributed by atoms with E-state index in [1.54, 1.807) is 15.6 Å². The SMILES string of the molecule is Cc1nn(C)c2nc(-c3ccccc3)cc(C(=O)N3CCNC(=O)C3)c12. The van der Waals surface area contributed by atoms with Gasteiger partial charge in [0.1, 0.15) is 0 Å². The summed E-state index contributed by atoms with van der Waals surface area (Å²) in [5.74, 6) is -0.304. The topological polar surface area (TPSA) is 80.1 Å². The summed E-state index contributed by atoms with van der Waals surface area (Å²) in [6.07, 6.45) is 0. The first-order chi connectivity index (χ1) is 12.5. The summed E-state index contributed by atoms with van der Waals surface area (Å²) < 4.78 is 1.69. The average molecular weight is 349 g/mol. The van der Waals surface area contributed by atoms with Crippen molar-refractivity contribution in [3.8, 4) is 11.3 Å². The number of carbonyl (C=O) groups is 2. The maximum atomic E-state index is 13.2. The minimum atomic E-state index is -0.166. The fourth-order valence-corrected chi connectivity index (χ4v) is 3.35.